The summed E-state index contributed by atoms with van der Waals surface area (Å²) in [5.41, 5.74) is 0.221. The van der Waals surface area contributed by atoms with Gasteiger partial charge in [0.1, 0.15) is 22.7 Å². The highest BCUT2D eigenvalue weighted by molar-refractivity contribution is 7.91. The van der Waals surface area contributed by atoms with E-state index in [9.17, 15) is 26.0 Å². The van der Waals surface area contributed by atoms with Gasteiger partial charge < -0.3 is 4.57 Å². The molecule has 0 aliphatic carbocycles. The summed E-state index contributed by atoms with van der Waals surface area (Å²) in [5, 5.41) is 3.99. The third-order valence-electron chi connectivity index (χ3n) is 5.56. The van der Waals surface area contributed by atoms with Crippen LogP contribution in [0.1, 0.15) is 12.5 Å². The predicted octanol–water partition coefficient (Wildman–Crippen LogP) is 4.30. The molecule has 13 heteroatoms. The van der Waals surface area contributed by atoms with E-state index in [0.29, 0.717) is 17.5 Å². The van der Waals surface area contributed by atoms with Crippen LogP contribution in [-0.4, -0.2) is 43.3 Å². The molecule has 5 aromatic rings. The first-order valence-corrected chi connectivity index (χ1v) is 11.9. The number of hydrogen-bond donors (Lipinski definition) is 0. The van der Waals surface area contributed by atoms with Crippen LogP contribution in [0.3, 0.4) is 0 Å². The van der Waals surface area contributed by atoms with Crippen molar-refractivity contribution in [3.63, 3.8) is 0 Å². The highest BCUT2D eigenvalue weighted by Gasteiger charge is 2.33. The first-order valence-electron chi connectivity index (χ1n) is 10.3. The van der Waals surface area contributed by atoms with E-state index in [1.807, 2.05) is 0 Å². The van der Waals surface area contributed by atoms with Gasteiger partial charge >= 0.3 is 6.18 Å². The molecule has 35 heavy (non-hydrogen) atoms. The zero-order chi connectivity index (χ0) is 25.1. The SMILES string of the molecule is CCS(=O)(=O)c1nn2c(-c3ccc(F)cc3)ccnc2c1-c1nc2cc(C(F)(F)F)cnc2n1C. The van der Waals surface area contributed by atoms with Crippen molar-refractivity contribution < 1.29 is 26.0 Å². The second-order valence-electron chi connectivity index (χ2n) is 7.71. The summed E-state index contributed by atoms with van der Waals surface area (Å²) in [7, 11) is -2.40. The Kier molecular flexibility index (Phi) is 5.13. The maximum atomic E-state index is 13.5. The molecule has 0 amide bonds. The van der Waals surface area contributed by atoms with Gasteiger partial charge in [-0.2, -0.15) is 18.3 Å². The molecule has 0 saturated heterocycles. The zero-order valence-electron chi connectivity index (χ0n) is 18.2. The fourth-order valence-electron chi connectivity index (χ4n) is 3.77. The molecule has 0 radical (unpaired) electrons. The number of rotatable bonds is 4. The van der Waals surface area contributed by atoms with Crippen molar-refractivity contribution in [1.29, 1.82) is 0 Å². The van der Waals surface area contributed by atoms with Gasteiger partial charge in [0.15, 0.2) is 26.2 Å². The van der Waals surface area contributed by atoms with Gasteiger partial charge in [0, 0.05) is 25.0 Å². The monoisotopic (exact) mass is 504 g/mol. The number of sulfone groups is 1. The van der Waals surface area contributed by atoms with Crippen LogP contribution in [0.5, 0.6) is 0 Å². The summed E-state index contributed by atoms with van der Waals surface area (Å²) in [6.07, 6.45) is -2.49. The number of benzene rings is 1. The zero-order valence-corrected chi connectivity index (χ0v) is 19.1. The molecule has 5 rings (SSSR count). The van der Waals surface area contributed by atoms with Crippen LogP contribution in [0.2, 0.25) is 0 Å². The van der Waals surface area contributed by atoms with Crippen molar-refractivity contribution in [1.82, 2.24) is 29.1 Å². The second kappa shape index (κ2) is 7.83. The van der Waals surface area contributed by atoms with Crippen LogP contribution in [0.15, 0.2) is 53.8 Å². The van der Waals surface area contributed by atoms with Crippen LogP contribution in [0.25, 0.3) is 39.5 Å². The van der Waals surface area contributed by atoms with Crippen LogP contribution in [0.4, 0.5) is 17.6 Å². The molecule has 0 bridgehead atoms. The van der Waals surface area contributed by atoms with Crippen LogP contribution in [-0.2, 0) is 23.1 Å². The lowest BCUT2D eigenvalue weighted by Gasteiger charge is -2.06. The van der Waals surface area contributed by atoms with Crippen molar-refractivity contribution in [3.8, 4) is 22.6 Å². The number of imidazole rings is 1. The van der Waals surface area contributed by atoms with E-state index < -0.39 is 27.4 Å². The number of pyridine rings is 1. The van der Waals surface area contributed by atoms with Gasteiger partial charge in [-0.25, -0.2) is 32.3 Å². The highest BCUT2D eigenvalue weighted by atomic mass is 32.2. The predicted molar refractivity (Wildman–Crippen MR) is 119 cm³/mol. The summed E-state index contributed by atoms with van der Waals surface area (Å²) in [6.45, 7) is 1.45. The lowest BCUT2D eigenvalue weighted by Crippen LogP contribution is -2.07. The topological polar surface area (TPSA) is 95.0 Å². The van der Waals surface area contributed by atoms with Crippen LogP contribution in [0, 0.1) is 5.82 Å². The van der Waals surface area contributed by atoms with Gasteiger partial charge in [0.2, 0.25) is 0 Å². The van der Waals surface area contributed by atoms with E-state index in [2.05, 4.69) is 20.1 Å². The summed E-state index contributed by atoms with van der Waals surface area (Å²) in [6, 6.07) is 7.97. The molecule has 180 valence electrons. The van der Waals surface area contributed by atoms with Gasteiger partial charge in [-0.1, -0.05) is 6.92 Å². The molecular weight excluding hydrogens is 488 g/mol. The molecule has 0 unspecified atom stereocenters. The van der Waals surface area contributed by atoms with Gasteiger partial charge in [-0.3, -0.25) is 0 Å². The quantitative estimate of drug-likeness (QED) is 0.339. The largest absolute Gasteiger partial charge is 0.417 e. The Morgan fingerprint density at radius 3 is 2.40 bits per heavy atom. The second-order valence-corrected chi connectivity index (χ2v) is 9.91. The number of nitrogens with zero attached hydrogens (tertiary/aromatic N) is 6. The molecule has 1 aromatic carbocycles. The maximum Gasteiger partial charge on any atom is 0.417 e. The minimum absolute atomic E-state index is 0.0323. The number of aryl methyl sites for hydroxylation is 1. The molecule has 0 atom stereocenters. The Hall–Kier alpha value is -3.87. The summed E-state index contributed by atoms with van der Waals surface area (Å²) in [5.74, 6) is -0.687. The summed E-state index contributed by atoms with van der Waals surface area (Å²) < 4.78 is 81.8. The number of halogens is 4. The molecule has 8 nitrogen and oxygen atoms in total. The highest BCUT2D eigenvalue weighted by Crippen LogP contribution is 2.35. The molecule has 0 aliphatic heterocycles. The van der Waals surface area contributed by atoms with Crippen molar-refractivity contribution in [3.05, 3.63) is 60.2 Å². The smallest absolute Gasteiger partial charge is 0.312 e. The van der Waals surface area contributed by atoms with E-state index >= 15 is 0 Å². The number of hydrogen-bond acceptors (Lipinski definition) is 6. The summed E-state index contributed by atoms with van der Waals surface area (Å²) >= 11 is 0. The van der Waals surface area contributed by atoms with Crippen molar-refractivity contribution in [2.45, 2.75) is 18.1 Å². The third kappa shape index (κ3) is 3.71. The minimum Gasteiger partial charge on any atom is -0.312 e. The molecule has 0 fully saturated rings. The number of fused-ring (bicyclic) bond motifs is 2. The van der Waals surface area contributed by atoms with E-state index in [1.54, 1.807) is 6.07 Å². The van der Waals surface area contributed by atoms with Crippen molar-refractivity contribution in [2.75, 3.05) is 5.75 Å². The number of aromatic nitrogens is 6. The van der Waals surface area contributed by atoms with Gasteiger partial charge in [0.05, 0.1) is 17.0 Å². The maximum absolute atomic E-state index is 13.5. The molecule has 4 heterocycles. The average Bonchev–Trinajstić information content (AvgIpc) is 3.37. The molecular formula is C22H16F4N6O2S. The Labute approximate surface area is 195 Å². The first-order chi connectivity index (χ1) is 16.5. The Morgan fingerprint density at radius 2 is 1.74 bits per heavy atom. The van der Waals surface area contributed by atoms with Crippen LogP contribution >= 0.6 is 0 Å². The molecule has 0 N–H and O–H groups in total. The van der Waals surface area contributed by atoms with E-state index in [4.69, 9.17) is 0 Å². The standard InChI is InChI=1S/C22H16F4N6O2S/c1-3-35(33,34)21-17(20-29-15-10-13(22(24,25)26)11-28-18(15)31(20)2)19-27-9-8-16(32(19)30-21)12-4-6-14(23)7-5-12/h4-11H,3H2,1-2H3. The first kappa shape index (κ1) is 22.9. The van der Waals surface area contributed by atoms with Gasteiger partial charge in [-0.05, 0) is 36.4 Å². The third-order valence-corrected chi connectivity index (χ3v) is 7.20. The fourth-order valence-corrected chi connectivity index (χ4v) is 4.74. The van der Waals surface area contributed by atoms with E-state index in [0.717, 1.165) is 6.07 Å². The van der Waals surface area contributed by atoms with Crippen LogP contribution < -0.4 is 0 Å². The minimum atomic E-state index is -4.62. The lowest BCUT2D eigenvalue weighted by molar-refractivity contribution is -0.137. The normalized spacial score (nSPS) is 12.6. The molecule has 4 aromatic heterocycles. The van der Waals surface area contributed by atoms with Gasteiger partial charge in [0.25, 0.3) is 0 Å². The van der Waals surface area contributed by atoms with Crippen molar-refractivity contribution >= 4 is 26.6 Å². The lowest BCUT2D eigenvalue weighted by atomic mass is 10.1. The summed E-state index contributed by atoms with van der Waals surface area (Å²) in [4.78, 5) is 12.5. The fraction of sp³-hybridized carbons (Fsp3) is 0.182. The van der Waals surface area contributed by atoms with Gasteiger partial charge in [-0.15, -0.1) is 0 Å². The van der Waals surface area contributed by atoms with E-state index in [-0.39, 0.29) is 39.0 Å². The van der Waals surface area contributed by atoms with Crippen molar-refractivity contribution in [2.24, 2.45) is 7.05 Å². The molecule has 0 spiro atoms. The average molecular weight is 504 g/mol. The Morgan fingerprint density at radius 1 is 1.03 bits per heavy atom. The number of alkyl halides is 3. The Balaban J connectivity index is 1.84. The molecule has 0 aliphatic rings. The molecule has 0 saturated carbocycles. The Bertz CT molecular complexity index is 1710. The van der Waals surface area contributed by atoms with E-state index in [1.165, 1.54) is 53.5 Å².